The number of aromatic nitrogens is 2. The summed E-state index contributed by atoms with van der Waals surface area (Å²) < 4.78 is 22.0. The highest BCUT2D eigenvalue weighted by atomic mass is 35.5. The molecule has 2 aromatic carbocycles. The zero-order valence-electron chi connectivity index (χ0n) is 22.2. The van der Waals surface area contributed by atoms with E-state index in [1.165, 1.54) is 6.07 Å². The van der Waals surface area contributed by atoms with Crippen LogP contribution in [0.2, 0.25) is 0 Å². The number of rotatable bonds is 7. The van der Waals surface area contributed by atoms with Gasteiger partial charge in [0.2, 0.25) is 0 Å². The third-order valence-corrected chi connectivity index (χ3v) is 7.38. The van der Waals surface area contributed by atoms with E-state index in [-0.39, 0.29) is 42.5 Å². The van der Waals surface area contributed by atoms with Crippen LogP contribution in [0.1, 0.15) is 45.8 Å². The molecule has 1 saturated heterocycles. The second-order valence-corrected chi connectivity index (χ2v) is 9.81. The van der Waals surface area contributed by atoms with Crippen LogP contribution in [0.4, 0.5) is 4.39 Å². The number of likely N-dealkylation sites (tertiary alicyclic amines) is 1. The van der Waals surface area contributed by atoms with Gasteiger partial charge >= 0.3 is 0 Å². The molecular weight excluding hydrogens is 538 g/mol. The number of amides is 1. The highest BCUT2D eigenvalue weighted by Crippen LogP contribution is 2.35. The fourth-order valence-corrected chi connectivity index (χ4v) is 5.43. The summed E-state index contributed by atoms with van der Waals surface area (Å²) in [5.74, 6) is -0.115. The minimum absolute atomic E-state index is 0. The first-order valence-electron chi connectivity index (χ1n) is 12.8. The van der Waals surface area contributed by atoms with Crippen molar-refractivity contribution in [3.63, 3.8) is 0 Å². The predicted molar refractivity (Wildman–Crippen MR) is 158 cm³/mol. The number of nitrogens with zero attached hydrogens (tertiary/aromatic N) is 3. The molecule has 4 aromatic rings. The number of hydrogen-bond acceptors (Lipinski definition) is 4. The van der Waals surface area contributed by atoms with Crippen molar-refractivity contribution in [3.05, 3.63) is 89.1 Å². The third kappa shape index (κ3) is 6.28. The number of hydrogen-bond donors (Lipinski definition) is 1. The maximum atomic E-state index is 14.6. The number of pyridine rings is 1. The van der Waals surface area contributed by atoms with Gasteiger partial charge in [0.05, 0.1) is 12.2 Å². The second-order valence-electron chi connectivity index (χ2n) is 9.81. The quantitative estimate of drug-likeness (QED) is 0.289. The molecule has 2 aromatic heterocycles. The van der Waals surface area contributed by atoms with E-state index in [2.05, 4.69) is 21.7 Å². The number of carbonyl (C=O) groups excluding carboxylic acids is 1. The van der Waals surface area contributed by atoms with E-state index in [1.54, 1.807) is 13.2 Å². The van der Waals surface area contributed by atoms with Crippen LogP contribution in [0.25, 0.3) is 22.0 Å². The first-order chi connectivity index (χ1) is 18.0. The third-order valence-electron chi connectivity index (χ3n) is 7.38. The molecular formula is C30H35Cl2FN4O2. The van der Waals surface area contributed by atoms with Crippen molar-refractivity contribution in [1.29, 1.82) is 0 Å². The van der Waals surface area contributed by atoms with Gasteiger partial charge in [-0.05, 0) is 66.1 Å². The molecule has 2 N–H and O–H groups in total. The van der Waals surface area contributed by atoms with Crippen molar-refractivity contribution in [2.75, 3.05) is 26.8 Å². The van der Waals surface area contributed by atoms with Gasteiger partial charge in [0.15, 0.2) is 0 Å². The topological polar surface area (TPSA) is 73.4 Å². The average molecular weight is 574 g/mol. The molecule has 5 rings (SSSR count). The summed E-state index contributed by atoms with van der Waals surface area (Å²) in [6.45, 7) is 4.75. The highest BCUT2D eigenvalue weighted by Gasteiger charge is 2.29. The van der Waals surface area contributed by atoms with Gasteiger partial charge < -0.3 is 19.9 Å². The first kappa shape index (κ1) is 30.6. The Bertz CT molecular complexity index is 1430. The fourth-order valence-electron chi connectivity index (χ4n) is 5.43. The van der Waals surface area contributed by atoms with E-state index in [1.807, 2.05) is 48.6 Å². The van der Waals surface area contributed by atoms with Gasteiger partial charge in [0.1, 0.15) is 5.82 Å². The van der Waals surface area contributed by atoms with E-state index in [0.29, 0.717) is 56.8 Å². The Morgan fingerprint density at radius 1 is 1.13 bits per heavy atom. The molecule has 208 valence electrons. The van der Waals surface area contributed by atoms with Gasteiger partial charge in [-0.25, -0.2) is 4.39 Å². The number of methoxy groups -OCH3 is 1. The monoisotopic (exact) mass is 572 g/mol. The van der Waals surface area contributed by atoms with Crippen molar-refractivity contribution in [3.8, 4) is 11.1 Å². The molecule has 0 radical (unpaired) electrons. The van der Waals surface area contributed by atoms with Crippen LogP contribution in [0.5, 0.6) is 0 Å². The number of halogens is 3. The number of ether oxygens (including phenoxy) is 1. The summed E-state index contributed by atoms with van der Waals surface area (Å²) in [4.78, 5) is 20.2. The smallest absolute Gasteiger partial charge is 0.256 e. The molecule has 6 nitrogen and oxygen atoms in total. The van der Waals surface area contributed by atoms with E-state index in [4.69, 9.17) is 10.5 Å². The molecule has 0 unspecified atom stereocenters. The molecule has 1 fully saturated rings. The largest absolute Gasteiger partial charge is 0.383 e. The lowest BCUT2D eigenvalue weighted by Crippen LogP contribution is -2.38. The number of fused-ring (bicyclic) bond motifs is 1. The summed E-state index contributed by atoms with van der Waals surface area (Å²) >= 11 is 0. The standard InChI is InChI=1S/C30H33FN4O2.2ClH/c1-20-14-23(18-33-17-20)24-4-3-5-28-29(24)26(19-35(28)12-13-37-2)30(36)34-10-8-22(9-11-34)25-15-21(16-32)6-7-27(25)31;;/h3-7,14-15,17-19,22H,8-13,16,32H2,1-2H3;2*1H. The summed E-state index contributed by atoms with van der Waals surface area (Å²) in [6.07, 6.45) is 7.06. The average Bonchev–Trinajstić information content (AvgIpc) is 3.30. The van der Waals surface area contributed by atoms with E-state index in [0.717, 1.165) is 33.2 Å². The lowest BCUT2D eigenvalue weighted by molar-refractivity contribution is 0.0714. The molecule has 9 heteroatoms. The molecule has 0 bridgehead atoms. The van der Waals surface area contributed by atoms with Gasteiger partial charge in [0, 0.05) is 68.3 Å². The maximum absolute atomic E-state index is 14.6. The molecule has 3 heterocycles. The number of piperidine rings is 1. The van der Waals surface area contributed by atoms with Gasteiger partial charge in [-0.15, -0.1) is 24.8 Å². The SMILES string of the molecule is COCCn1cc(C(=O)N2CCC(c3cc(CN)ccc3F)CC2)c2c(-c3cncc(C)c3)cccc21.Cl.Cl. The molecule has 39 heavy (non-hydrogen) atoms. The van der Waals surface area contributed by atoms with E-state index in [9.17, 15) is 9.18 Å². The number of benzene rings is 2. The van der Waals surface area contributed by atoms with Crippen LogP contribution >= 0.6 is 24.8 Å². The van der Waals surface area contributed by atoms with Crippen LogP contribution in [0.3, 0.4) is 0 Å². The molecule has 1 aliphatic heterocycles. The van der Waals surface area contributed by atoms with Gasteiger partial charge in [-0.3, -0.25) is 9.78 Å². The number of nitrogens with two attached hydrogens (primary N) is 1. The Morgan fingerprint density at radius 2 is 1.90 bits per heavy atom. The Kier molecular flexibility index (Phi) is 10.5. The minimum atomic E-state index is -0.195. The van der Waals surface area contributed by atoms with Crippen molar-refractivity contribution < 1.29 is 13.9 Å². The van der Waals surface area contributed by atoms with E-state index >= 15 is 0 Å². The second kappa shape index (κ2) is 13.4. The van der Waals surface area contributed by atoms with Gasteiger partial charge in [-0.2, -0.15) is 0 Å². The van der Waals surface area contributed by atoms with Crippen molar-refractivity contribution in [2.24, 2.45) is 5.73 Å². The summed E-state index contributed by atoms with van der Waals surface area (Å²) in [5, 5.41) is 0.930. The number of carbonyl (C=O) groups is 1. The van der Waals surface area contributed by atoms with Crippen LogP contribution in [-0.4, -0.2) is 47.2 Å². The lowest BCUT2D eigenvalue weighted by Gasteiger charge is -2.32. The normalized spacial score (nSPS) is 13.7. The van der Waals surface area contributed by atoms with Gasteiger partial charge in [0.25, 0.3) is 5.91 Å². The molecule has 0 aliphatic carbocycles. The zero-order valence-corrected chi connectivity index (χ0v) is 23.9. The zero-order chi connectivity index (χ0) is 25.9. The Labute approximate surface area is 241 Å². The fraction of sp³-hybridized carbons (Fsp3) is 0.333. The predicted octanol–water partition coefficient (Wildman–Crippen LogP) is 6.12. The summed E-state index contributed by atoms with van der Waals surface area (Å²) in [6, 6.07) is 13.3. The Morgan fingerprint density at radius 3 is 2.59 bits per heavy atom. The van der Waals surface area contributed by atoms with Gasteiger partial charge in [-0.1, -0.05) is 24.3 Å². The van der Waals surface area contributed by atoms with Crippen LogP contribution in [0, 0.1) is 12.7 Å². The Balaban J connectivity index is 0.00000210. The van der Waals surface area contributed by atoms with Crippen LogP contribution in [-0.2, 0) is 17.8 Å². The summed E-state index contributed by atoms with van der Waals surface area (Å²) in [7, 11) is 1.68. The maximum Gasteiger partial charge on any atom is 0.256 e. The van der Waals surface area contributed by atoms with Crippen LogP contribution in [0.15, 0.2) is 61.1 Å². The molecule has 0 atom stereocenters. The van der Waals surface area contributed by atoms with Crippen LogP contribution < -0.4 is 5.73 Å². The minimum Gasteiger partial charge on any atom is -0.383 e. The molecule has 0 spiro atoms. The molecule has 1 aliphatic rings. The molecule has 1 amide bonds. The van der Waals surface area contributed by atoms with Crippen molar-refractivity contribution in [1.82, 2.24) is 14.5 Å². The van der Waals surface area contributed by atoms with Crippen molar-refractivity contribution in [2.45, 2.75) is 38.8 Å². The Hall–Kier alpha value is -2.97. The summed E-state index contributed by atoms with van der Waals surface area (Å²) in [5.41, 5.74) is 12.1. The number of aryl methyl sites for hydroxylation is 1. The highest BCUT2D eigenvalue weighted by molar-refractivity contribution is 6.12. The first-order valence-corrected chi connectivity index (χ1v) is 12.8. The van der Waals surface area contributed by atoms with E-state index < -0.39 is 0 Å². The lowest BCUT2D eigenvalue weighted by atomic mass is 9.88. The molecule has 0 saturated carbocycles. The van der Waals surface area contributed by atoms with Crippen molar-refractivity contribution >= 4 is 41.6 Å².